The van der Waals surface area contributed by atoms with E-state index >= 15 is 0 Å². The molecule has 3 aromatic carbocycles. The molecule has 0 aliphatic heterocycles. The molecule has 0 radical (unpaired) electrons. The molecule has 0 saturated carbocycles. The fourth-order valence-corrected chi connectivity index (χ4v) is 2.89. The Morgan fingerprint density at radius 3 is 2.15 bits per heavy atom. The average molecular weight is 443 g/mol. The summed E-state index contributed by atoms with van der Waals surface area (Å²) in [6.07, 6.45) is 0. The van der Waals surface area contributed by atoms with Gasteiger partial charge in [-0.1, -0.05) is 42.5 Å². The number of anilines is 1. The monoisotopic (exact) mass is 443 g/mol. The van der Waals surface area contributed by atoms with E-state index in [-0.39, 0.29) is 11.7 Å². The van der Waals surface area contributed by atoms with Crippen molar-refractivity contribution in [3.8, 4) is 5.75 Å². The van der Waals surface area contributed by atoms with E-state index in [0.717, 1.165) is 0 Å². The maximum atomic E-state index is 12.5. The molecule has 0 fully saturated rings. The van der Waals surface area contributed by atoms with Gasteiger partial charge in [-0.25, -0.2) is 9.59 Å². The molecule has 166 valence electrons. The quantitative estimate of drug-likeness (QED) is 0.127. The Kier molecular flexibility index (Phi) is 7.36. The summed E-state index contributed by atoms with van der Waals surface area (Å²) in [7, 11) is 0. The number of hydrogen-bond donors (Lipinski definition) is 3. The summed E-state index contributed by atoms with van der Waals surface area (Å²) in [5.41, 5.74) is 7.24. The van der Waals surface area contributed by atoms with Crippen molar-refractivity contribution in [3.63, 3.8) is 0 Å². The SMILES string of the molecule is C[C@H](C(=O)OC(=C=O)c1ccccc1)c1ccc(OC(=O)c2ccc(NC(=N)N)cc2)cc1. The van der Waals surface area contributed by atoms with Gasteiger partial charge < -0.3 is 20.5 Å². The van der Waals surface area contributed by atoms with Crippen LogP contribution in [0.25, 0.3) is 5.76 Å². The first-order chi connectivity index (χ1) is 15.9. The van der Waals surface area contributed by atoms with E-state index in [2.05, 4.69) is 5.32 Å². The number of carbonyl (C=O) groups excluding carboxylic acids is 3. The summed E-state index contributed by atoms with van der Waals surface area (Å²) in [4.78, 5) is 36.1. The van der Waals surface area contributed by atoms with E-state index < -0.39 is 17.9 Å². The minimum absolute atomic E-state index is 0.178. The normalized spacial score (nSPS) is 10.9. The van der Waals surface area contributed by atoms with Crippen molar-refractivity contribution in [2.45, 2.75) is 12.8 Å². The zero-order valence-corrected chi connectivity index (χ0v) is 17.7. The van der Waals surface area contributed by atoms with Gasteiger partial charge in [0.2, 0.25) is 5.76 Å². The third-order valence-corrected chi connectivity index (χ3v) is 4.68. The van der Waals surface area contributed by atoms with Crippen molar-refractivity contribution in [2.75, 3.05) is 5.32 Å². The molecular formula is C25H21N3O5. The highest BCUT2D eigenvalue weighted by atomic mass is 16.5. The molecule has 8 nitrogen and oxygen atoms in total. The number of rotatable bonds is 7. The zero-order chi connectivity index (χ0) is 23.8. The van der Waals surface area contributed by atoms with Crippen LogP contribution in [0.1, 0.15) is 34.3 Å². The van der Waals surface area contributed by atoms with Crippen molar-refractivity contribution in [3.05, 3.63) is 95.6 Å². The van der Waals surface area contributed by atoms with Crippen LogP contribution < -0.4 is 15.8 Å². The summed E-state index contributed by atoms with van der Waals surface area (Å²) in [6, 6.07) is 21.2. The third kappa shape index (κ3) is 6.16. The molecule has 0 aliphatic carbocycles. The van der Waals surface area contributed by atoms with Crippen LogP contribution in [0, 0.1) is 5.41 Å². The Morgan fingerprint density at radius 1 is 0.939 bits per heavy atom. The number of guanidine groups is 1. The number of nitrogens with one attached hydrogen (secondary N) is 2. The van der Waals surface area contributed by atoms with Crippen LogP contribution >= 0.6 is 0 Å². The van der Waals surface area contributed by atoms with Gasteiger partial charge in [0, 0.05) is 11.3 Å². The van der Waals surface area contributed by atoms with E-state index in [1.165, 1.54) is 0 Å². The highest BCUT2D eigenvalue weighted by molar-refractivity contribution is 5.94. The van der Waals surface area contributed by atoms with Gasteiger partial charge in [0.1, 0.15) is 5.75 Å². The molecule has 0 saturated heterocycles. The predicted molar refractivity (Wildman–Crippen MR) is 123 cm³/mol. The van der Waals surface area contributed by atoms with E-state index in [4.69, 9.17) is 20.6 Å². The van der Waals surface area contributed by atoms with Gasteiger partial charge >= 0.3 is 11.9 Å². The van der Waals surface area contributed by atoms with Crippen molar-refractivity contribution in [1.29, 1.82) is 5.41 Å². The van der Waals surface area contributed by atoms with Gasteiger partial charge in [-0.15, -0.1) is 0 Å². The maximum Gasteiger partial charge on any atom is 0.343 e. The summed E-state index contributed by atoms with van der Waals surface area (Å²) in [5.74, 6) is -0.261. The fourth-order valence-electron chi connectivity index (χ4n) is 2.89. The average Bonchev–Trinajstić information content (AvgIpc) is 2.83. The Labute approximate surface area is 190 Å². The van der Waals surface area contributed by atoms with Crippen LogP contribution in [-0.2, 0) is 14.3 Å². The van der Waals surface area contributed by atoms with Gasteiger partial charge in [-0.3, -0.25) is 10.2 Å². The smallest absolute Gasteiger partial charge is 0.343 e. The summed E-state index contributed by atoms with van der Waals surface area (Å²) in [5, 5.41) is 9.82. The fraction of sp³-hybridized carbons (Fsp3) is 0.0800. The van der Waals surface area contributed by atoms with Gasteiger partial charge in [-0.05, 0) is 48.9 Å². The molecule has 0 aliphatic rings. The second kappa shape index (κ2) is 10.6. The Bertz CT molecular complexity index is 1200. The number of ether oxygens (including phenoxy) is 2. The van der Waals surface area contributed by atoms with Crippen LogP contribution in [0.4, 0.5) is 5.69 Å². The van der Waals surface area contributed by atoms with Gasteiger partial charge in [-0.2, -0.15) is 0 Å². The van der Waals surface area contributed by atoms with Crippen LogP contribution in [0.15, 0.2) is 78.9 Å². The molecule has 0 unspecified atom stereocenters. The van der Waals surface area contributed by atoms with Crippen molar-refractivity contribution in [2.24, 2.45) is 5.73 Å². The lowest BCUT2D eigenvalue weighted by Gasteiger charge is -2.13. The summed E-state index contributed by atoms with van der Waals surface area (Å²) >= 11 is 0. The van der Waals surface area contributed by atoms with E-state index in [1.54, 1.807) is 91.7 Å². The predicted octanol–water partition coefficient (Wildman–Crippen LogP) is 3.73. The molecule has 33 heavy (non-hydrogen) atoms. The number of hydrogen-bond acceptors (Lipinski definition) is 6. The third-order valence-electron chi connectivity index (χ3n) is 4.68. The first kappa shape index (κ1) is 23.0. The minimum atomic E-state index is -0.664. The molecule has 0 amide bonds. The van der Waals surface area contributed by atoms with Crippen LogP contribution in [0.5, 0.6) is 5.75 Å². The van der Waals surface area contributed by atoms with Gasteiger partial charge in [0.25, 0.3) is 0 Å². The largest absolute Gasteiger partial charge is 0.423 e. The molecule has 0 spiro atoms. The molecule has 3 aromatic rings. The van der Waals surface area contributed by atoms with E-state index in [9.17, 15) is 14.4 Å². The molecular weight excluding hydrogens is 422 g/mol. The lowest BCUT2D eigenvalue weighted by molar-refractivity contribution is -0.137. The molecule has 0 bridgehead atoms. The molecule has 0 aromatic heterocycles. The minimum Gasteiger partial charge on any atom is -0.423 e. The van der Waals surface area contributed by atoms with Crippen LogP contribution in [0.3, 0.4) is 0 Å². The number of nitrogens with two attached hydrogens (primary N) is 1. The highest BCUT2D eigenvalue weighted by Gasteiger charge is 2.20. The van der Waals surface area contributed by atoms with E-state index in [0.29, 0.717) is 28.1 Å². The second-order valence-electron chi connectivity index (χ2n) is 7.01. The Hall–Kier alpha value is -4.68. The Balaban J connectivity index is 1.62. The summed E-state index contributed by atoms with van der Waals surface area (Å²) in [6.45, 7) is 1.65. The van der Waals surface area contributed by atoms with Gasteiger partial charge in [0.15, 0.2) is 11.9 Å². The van der Waals surface area contributed by atoms with Crippen LogP contribution in [0.2, 0.25) is 0 Å². The molecule has 3 rings (SSSR count). The second-order valence-corrected chi connectivity index (χ2v) is 7.01. The lowest BCUT2D eigenvalue weighted by atomic mass is 10.0. The number of benzene rings is 3. The molecule has 1 atom stereocenters. The highest BCUT2D eigenvalue weighted by Crippen LogP contribution is 2.24. The Morgan fingerprint density at radius 2 is 1.58 bits per heavy atom. The standard InChI is InChI=1S/C25H21N3O5/c1-16(23(30)33-22(15-29)18-5-3-2-4-6-18)17-9-13-21(14-10-17)32-24(31)19-7-11-20(12-8-19)28-25(26)27/h2-14,16H,1H3,(H4,26,27,28)/t16-/m0/s1. The zero-order valence-electron chi connectivity index (χ0n) is 17.7. The first-order valence-electron chi connectivity index (χ1n) is 9.93. The van der Waals surface area contributed by atoms with Crippen molar-refractivity contribution < 1.29 is 23.9 Å². The van der Waals surface area contributed by atoms with E-state index in [1.807, 2.05) is 0 Å². The number of carbonyl (C=O) groups is 2. The van der Waals surface area contributed by atoms with Crippen LogP contribution in [-0.4, -0.2) is 23.8 Å². The van der Waals surface area contributed by atoms with Crippen molar-refractivity contribution >= 4 is 35.3 Å². The molecule has 4 N–H and O–H groups in total. The van der Waals surface area contributed by atoms with Gasteiger partial charge in [0.05, 0.1) is 11.5 Å². The topological polar surface area (TPSA) is 132 Å². The molecule has 0 heterocycles. The lowest BCUT2D eigenvalue weighted by Crippen LogP contribution is -2.20. The summed E-state index contributed by atoms with van der Waals surface area (Å²) < 4.78 is 10.6. The molecule has 8 heteroatoms. The number of esters is 2. The first-order valence-corrected chi connectivity index (χ1v) is 9.93. The van der Waals surface area contributed by atoms with Crippen molar-refractivity contribution in [1.82, 2.24) is 0 Å². The maximum absolute atomic E-state index is 12.5.